The van der Waals surface area contributed by atoms with Gasteiger partial charge in [-0.15, -0.1) is 0 Å². The molecule has 2 aliphatic rings. The molecule has 1 spiro atoms. The summed E-state index contributed by atoms with van der Waals surface area (Å²) in [4.78, 5) is 11.2. The lowest BCUT2D eigenvalue weighted by molar-refractivity contribution is -0.138. The quantitative estimate of drug-likeness (QED) is 0.633. The van der Waals surface area contributed by atoms with E-state index in [1.165, 1.54) is 0 Å². The zero-order chi connectivity index (χ0) is 8.18. The Morgan fingerprint density at radius 2 is 2.42 bits per heavy atom. The molecule has 1 aliphatic heterocycles. The van der Waals surface area contributed by atoms with Crippen LogP contribution in [0.3, 0.4) is 0 Å². The van der Waals surface area contributed by atoms with E-state index >= 15 is 0 Å². The Morgan fingerprint density at radius 1 is 1.58 bits per heavy atom. The van der Waals surface area contributed by atoms with Crippen molar-refractivity contribution in [3.05, 3.63) is 24.2 Å². The van der Waals surface area contributed by atoms with Crippen molar-refractivity contribution in [3.8, 4) is 0 Å². The maximum absolute atomic E-state index is 11.2. The number of hydrogen-bond acceptors (Lipinski definition) is 2. The summed E-state index contributed by atoms with van der Waals surface area (Å²) in [5.41, 5.74) is -0.0716. The third-order valence-electron chi connectivity index (χ3n) is 2.90. The molecule has 0 unspecified atom stereocenters. The smallest absolute Gasteiger partial charge is 0.229 e. The fourth-order valence-electron chi connectivity index (χ4n) is 1.92. The largest absolute Gasteiger partial charge is 0.467 e. The molecule has 1 N–H and O–H groups in total. The maximum Gasteiger partial charge on any atom is 0.229 e. The summed E-state index contributed by atoms with van der Waals surface area (Å²) in [7, 11) is 0. The highest BCUT2D eigenvalue weighted by Gasteiger charge is 2.64. The third kappa shape index (κ3) is 0.556. The monoisotopic (exact) mass is 163 g/mol. The number of carbonyl (C=O) groups is 1. The van der Waals surface area contributed by atoms with E-state index < -0.39 is 0 Å². The lowest BCUT2D eigenvalue weighted by Gasteiger charge is -2.35. The van der Waals surface area contributed by atoms with Gasteiger partial charge in [0.1, 0.15) is 11.8 Å². The molecule has 1 atom stereocenters. The molecule has 12 heavy (non-hydrogen) atoms. The van der Waals surface area contributed by atoms with E-state index in [2.05, 4.69) is 5.32 Å². The summed E-state index contributed by atoms with van der Waals surface area (Å²) in [6, 6.07) is 3.93. The topological polar surface area (TPSA) is 42.2 Å². The van der Waals surface area contributed by atoms with Crippen molar-refractivity contribution in [2.75, 3.05) is 0 Å². The van der Waals surface area contributed by atoms with Gasteiger partial charge in [-0.2, -0.15) is 0 Å². The number of hydrogen-bond donors (Lipinski definition) is 1. The Hall–Kier alpha value is -1.25. The van der Waals surface area contributed by atoms with E-state index in [9.17, 15) is 4.79 Å². The molecule has 1 saturated carbocycles. The minimum Gasteiger partial charge on any atom is -0.467 e. The van der Waals surface area contributed by atoms with Gasteiger partial charge in [0.2, 0.25) is 5.91 Å². The molecule has 3 rings (SSSR count). The summed E-state index contributed by atoms with van der Waals surface area (Å²) in [5.74, 6) is 1.09. The molecule has 1 amide bonds. The highest BCUT2D eigenvalue weighted by molar-refractivity contribution is 5.92. The first kappa shape index (κ1) is 6.29. The minimum absolute atomic E-state index is 0.0716. The van der Waals surface area contributed by atoms with Crippen LogP contribution in [-0.4, -0.2) is 5.91 Å². The van der Waals surface area contributed by atoms with Gasteiger partial charge in [-0.1, -0.05) is 0 Å². The van der Waals surface area contributed by atoms with E-state index in [1.54, 1.807) is 6.26 Å². The molecule has 62 valence electrons. The Balaban J connectivity index is 1.94. The van der Waals surface area contributed by atoms with Crippen LogP contribution >= 0.6 is 0 Å². The van der Waals surface area contributed by atoms with Gasteiger partial charge in [0.25, 0.3) is 0 Å². The van der Waals surface area contributed by atoms with E-state index in [0.29, 0.717) is 0 Å². The molecule has 1 saturated heterocycles. The Bertz CT molecular complexity index is 324. The first-order chi connectivity index (χ1) is 5.83. The molecule has 1 aromatic heterocycles. The lowest BCUT2D eigenvalue weighted by atomic mass is 9.85. The Morgan fingerprint density at radius 3 is 2.92 bits per heavy atom. The summed E-state index contributed by atoms with van der Waals surface area (Å²) < 4.78 is 5.25. The second-order valence-electron chi connectivity index (χ2n) is 3.58. The lowest BCUT2D eigenvalue weighted by Crippen LogP contribution is -2.53. The number of β-lactam (4-membered cyclic amide) rings is 1. The Labute approximate surface area is 69.8 Å². The molecule has 3 nitrogen and oxygen atoms in total. The van der Waals surface area contributed by atoms with Crippen LogP contribution in [0.1, 0.15) is 24.6 Å². The number of rotatable bonds is 1. The molecular formula is C9H9NO2. The van der Waals surface area contributed by atoms with Crippen molar-refractivity contribution in [2.24, 2.45) is 5.41 Å². The van der Waals surface area contributed by atoms with Gasteiger partial charge >= 0.3 is 0 Å². The summed E-state index contributed by atoms with van der Waals surface area (Å²) in [6.45, 7) is 0. The molecule has 1 aliphatic carbocycles. The molecule has 0 radical (unpaired) electrons. The van der Waals surface area contributed by atoms with Crippen LogP contribution in [0, 0.1) is 5.41 Å². The SMILES string of the molecule is O=C1N[C@H](c2ccco2)C12CC2. The van der Waals surface area contributed by atoms with Crippen molar-refractivity contribution in [2.45, 2.75) is 18.9 Å². The molecule has 3 heteroatoms. The third-order valence-corrected chi connectivity index (χ3v) is 2.90. The highest BCUT2D eigenvalue weighted by atomic mass is 16.3. The van der Waals surface area contributed by atoms with Crippen LogP contribution in [-0.2, 0) is 4.79 Å². The number of carbonyl (C=O) groups excluding carboxylic acids is 1. The minimum atomic E-state index is -0.0716. The predicted molar refractivity (Wildman–Crippen MR) is 41.3 cm³/mol. The fourth-order valence-corrected chi connectivity index (χ4v) is 1.92. The fraction of sp³-hybridized carbons (Fsp3) is 0.444. The number of furan rings is 1. The van der Waals surface area contributed by atoms with Gasteiger partial charge in [-0.3, -0.25) is 4.79 Å². The van der Waals surface area contributed by atoms with E-state index in [4.69, 9.17) is 4.42 Å². The zero-order valence-electron chi connectivity index (χ0n) is 6.54. The van der Waals surface area contributed by atoms with Gasteiger partial charge in [-0.05, 0) is 25.0 Å². The normalized spacial score (nSPS) is 29.7. The van der Waals surface area contributed by atoms with Crippen LogP contribution in [0.5, 0.6) is 0 Å². The highest BCUT2D eigenvalue weighted by Crippen LogP contribution is 2.60. The van der Waals surface area contributed by atoms with E-state index in [1.807, 2.05) is 12.1 Å². The van der Waals surface area contributed by atoms with E-state index in [-0.39, 0.29) is 17.4 Å². The number of nitrogens with one attached hydrogen (secondary N) is 1. The Kier molecular flexibility index (Phi) is 0.908. The summed E-state index contributed by atoms with van der Waals surface area (Å²) in [5, 5.41) is 2.87. The molecule has 0 bridgehead atoms. The first-order valence-electron chi connectivity index (χ1n) is 4.17. The van der Waals surface area contributed by atoms with Crippen LogP contribution in [0.2, 0.25) is 0 Å². The molecule has 2 fully saturated rings. The molecule has 2 heterocycles. The average molecular weight is 163 g/mol. The summed E-state index contributed by atoms with van der Waals surface area (Å²) in [6.07, 6.45) is 3.68. The number of amides is 1. The maximum atomic E-state index is 11.2. The van der Waals surface area contributed by atoms with Gasteiger partial charge in [0.15, 0.2) is 0 Å². The molecule has 0 aromatic carbocycles. The van der Waals surface area contributed by atoms with Crippen LogP contribution in [0.25, 0.3) is 0 Å². The van der Waals surface area contributed by atoms with Crippen LogP contribution in [0.4, 0.5) is 0 Å². The van der Waals surface area contributed by atoms with Crippen molar-refractivity contribution in [1.82, 2.24) is 5.32 Å². The second-order valence-corrected chi connectivity index (χ2v) is 3.58. The zero-order valence-corrected chi connectivity index (χ0v) is 6.54. The van der Waals surface area contributed by atoms with Gasteiger partial charge < -0.3 is 9.73 Å². The standard InChI is InChI=1S/C9H9NO2/c11-8-9(3-4-9)7(10-8)6-2-1-5-12-6/h1-2,5,7H,3-4H2,(H,10,11)/t7-/m1/s1. The van der Waals surface area contributed by atoms with Crippen molar-refractivity contribution in [1.29, 1.82) is 0 Å². The van der Waals surface area contributed by atoms with Crippen LogP contribution < -0.4 is 5.32 Å². The van der Waals surface area contributed by atoms with Crippen molar-refractivity contribution in [3.63, 3.8) is 0 Å². The van der Waals surface area contributed by atoms with Crippen molar-refractivity contribution < 1.29 is 9.21 Å². The van der Waals surface area contributed by atoms with Crippen molar-refractivity contribution >= 4 is 5.91 Å². The second kappa shape index (κ2) is 1.73. The first-order valence-corrected chi connectivity index (χ1v) is 4.17. The summed E-state index contributed by atoms with van der Waals surface area (Å²) >= 11 is 0. The molecular weight excluding hydrogens is 154 g/mol. The molecule has 1 aromatic rings. The average Bonchev–Trinajstić information content (AvgIpc) is 2.77. The van der Waals surface area contributed by atoms with Crippen LogP contribution in [0.15, 0.2) is 22.8 Å². The van der Waals surface area contributed by atoms with Gasteiger partial charge in [0.05, 0.1) is 11.7 Å². The van der Waals surface area contributed by atoms with Gasteiger partial charge in [0, 0.05) is 0 Å². The predicted octanol–water partition coefficient (Wildman–Crippen LogP) is 1.23. The van der Waals surface area contributed by atoms with E-state index in [0.717, 1.165) is 18.6 Å². The van der Waals surface area contributed by atoms with Gasteiger partial charge in [-0.25, -0.2) is 0 Å².